The van der Waals surface area contributed by atoms with E-state index in [-0.39, 0.29) is 11.9 Å². The second-order valence-corrected chi connectivity index (χ2v) is 5.43. The molecule has 1 aromatic carbocycles. The van der Waals surface area contributed by atoms with Crippen LogP contribution in [0.4, 0.5) is 11.6 Å². The Morgan fingerprint density at radius 2 is 1.87 bits per heavy atom. The summed E-state index contributed by atoms with van der Waals surface area (Å²) in [5.41, 5.74) is 1.14. The smallest absolute Gasteiger partial charge is 0.222 e. The number of aromatic nitrogens is 2. The minimum absolute atomic E-state index is 0.0161. The van der Waals surface area contributed by atoms with Gasteiger partial charge in [-0.15, -0.1) is 0 Å². The number of anilines is 2. The van der Waals surface area contributed by atoms with E-state index in [1.54, 1.807) is 18.5 Å². The molecule has 0 bridgehead atoms. The summed E-state index contributed by atoms with van der Waals surface area (Å²) in [6, 6.07) is 11.9. The van der Waals surface area contributed by atoms with E-state index in [0.29, 0.717) is 18.9 Å². The molecule has 0 aliphatic rings. The molecule has 6 nitrogen and oxygen atoms in total. The number of carbonyl (C=O) groups is 1. The third kappa shape index (κ3) is 5.94. The highest BCUT2D eigenvalue weighted by Gasteiger charge is 2.10. The molecular formula is C17H23N5O. The van der Waals surface area contributed by atoms with Crippen LogP contribution in [0.15, 0.2) is 48.8 Å². The van der Waals surface area contributed by atoms with Crippen molar-refractivity contribution in [2.45, 2.75) is 19.4 Å². The molecule has 1 heterocycles. The molecule has 1 amide bonds. The van der Waals surface area contributed by atoms with Crippen LogP contribution in [0.25, 0.3) is 0 Å². The van der Waals surface area contributed by atoms with E-state index in [2.05, 4.69) is 37.6 Å². The Labute approximate surface area is 137 Å². The van der Waals surface area contributed by atoms with Gasteiger partial charge >= 0.3 is 0 Å². The van der Waals surface area contributed by atoms with Crippen molar-refractivity contribution < 1.29 is 4.79 Å². The number of rotatable bonds is 8. The lowest BCUT2D eigenvalue weighted by molar-refractivity contribution is -0.121. The van der Waals surface area contributed by atoms with Crippen molar-refractivity contribution in [2.24, 2.45) is 0 Å². The van der Waals surface area contributed by atoms with Gasteiger partial charge in [-0.1, -0.05) is 18.2 Å². The van der Waals surface area contributed by atoms with Crippen molar-refractivity contribution in [1.82, 2.24) is 15.3 Å². The Hall–Kier alpha value is -2.63. The number of nitrogens with zero attached hydrogens (tertiary/aromatic N) is 3. The summed E-state index contributed by atoms with van der Waals surface area (Å²) in [6.45, 7) is 3.27. The molecule has 0 radical (unpaired) electrons. The van der Waals surface area contributed by atoms with Crippen LogP contribution in [0.2, 0.25) is 0 Å². The van der Waals surface area contributed by atoms with E-state index >= 15 is 0 Å². The highest BCUT2D eigenvalue weighted by molar-refractivity contribution is 5.76. The van der Waals surface area contributed by atoms with Gasteiger partial charge in [-0.25, -0.2) is 9.97 Å². The molecule has 1 atom stereocenters. The number of benzene rings is 1. The maximum absolute atomic E-state index is 12.0. The third-order valence-corrected chi connectivity index (χ3v) is 3.35. The van der Waals surface area contributed by atoms with Crippen LogP contribution in [0.1, 0.15) is 13.3 Å². The van der Waals surface area contributed by atoms with Crippen LogP contribution in [-0.4, -0.2) is 42.1 Å². The van der Waals surface area contributed by atoms with Gasteiger partial charge in [0.15, 0.2) is 0 Å². The van der Waals surface area contributed by atoms with Crippen molar-refractivity contribution in [3.63, 3.8) is 0 Å². The SMILES string of the molecule is CC(CN(C)c1ccccc1)NC(=O)CCNc1ncccn1. The highest BCUT2D eigenvalue weighted by atomic mass is 16.1. The summed E-state index contributed by atoms with van der Waals surface area (Å²) in [5, 5.41) is 6.03. The van der Waals surface area contributed by atoms with E-state index in [0.717, 1.165) is 12.2 Å². The quantitative estimate of drug-likeness (QED) is 0.779. The largest absolute Gasteiger partial charge is 0.373 e. The van der Waals surface area contributed by atoms with Crippen molar-refractivity contribution in [3.8, 4) is 0 Å². The Bertz CT molecular complexity index is 590. The number of nitrogens with one attached hydrogen (secondary N) is 2. The van der Waals surface area contributed by atoms with Gasteiger partial charge in [-0.3, -0.25) is 4.79 Å². The molecule has 2 aromatic rings. The predicted octanol–water partition coefficient (Wildman–Crippen LogP) is 1.92. The van der Waals surface area contributed by atoms with Gasteiger partial charge in [-0.2, -0.15) is 0 Å². The topological polar surface area (TPSA) is 70.2 Å². The number of amides is 1. The van der Waals surface area contributed by atoms with E-state index in [1.165, 1.54) is 0 Å². The molecule has 23 heavy (non-hydrogen) atoms. The first-order valence-corrected chi connectivity index (χ1v) is 7.71. The van der Waals surface area contributed by atoms with Gasteiger partial charge in [0.25, 0.3) is 0 Å². The van der Waals surface area contributed by atoms with Crippen LogP contribution >= 0.6 is 0 Å². The van der Waals surface area contributed by atoms with Gasteiger partial charge in [-0.05, 0) is 25.1 Å². The number of hydrogen-bond acceptors (Lipinski definition) is 5. The molecule has 6 heteroatoms. The maximum atomic E-state index is 12.0. The summed E-state index contributed by atoms with van der Waals surface area (Å²) in [7, 11) is 2.02. The third-order valence-electron chi connectivity index (χ3n) is 3.35. The molecule has 1 unspecified atom stereocenters. The summed E-state index contributed by atoms with van der Waals surface area (Å²) in [4.78, 5) is 22.2. The zero-order valence-electron chi connectivity index (χ0n) is 13.6. The number of para-hydroxylation sites is 1. The van der Waals surface area contributed by atoms with Gasteiger partial charge < -0.3 is 15.5 Å². The Balaban J connectivity index is 1.68. The molecule has 2 rings (SSSR count). The average Bonchev–Trinajstić information content (AvgIpc) is 2.56. The Morgan fingerprint density at radius 3 is 2.57 bits per heavy atom. The van der Waals surface area contributed by atoms with Crippen LogP contribution in [-0.2, 0) is 4.79 Å². The normalized spacial score (nSPS) is 11.6. The fraction of sp³-hybridized carbons (Fsp3) is 0.353. The lowest BCUT2D eigenvalue weighted by Gasteiger charge is -2.24. The zero-order chi connectivity index (χ0) is 16.5. The highest BCUT2D eigenvalue weighted by Crippen LogP contribution is 2.10. The van der Waals surface area contributed by atoms with Crippen LogP contribution in [0.3, 0.4) is 0 Å². The maximum Gasteiger partial charge on any atom is 0.222 e. The molecule has 1 aromatic heterocycles. The number of carbonyl (C=O) groups excluding carboxylic acids is 1. The molecule has 0 saturated carbocycles. The second-order valence-electron chi connectivity index (χ2n) is 5.43. The molecule has 0 aliphatic carbocycles. The molecule has 122 valence electrons. The molecule has 0 aliphatic heterocycles. The van der Waals surface area contributed by atoms with Crippen molar-refractivity contribution in [1.29, 1.82) is 0 Å². The molecule has 2 N–H and O–H groups in total. The van der Waals surface area contributed by atoms with Crippen LogP contribution < -0.4 is 15.5 Å². The van der Waals surface area contributed by atoms with Crippen molar-refractivity contribution in [3.05, 3.63) is 48.8 Å². The summed E-state index contributed by atoms with van der Waals surface area (Å²) in [5.74, 6) is 0.555. The van der Waals surface area contributed by atoms with Crippen LogP contribution in [0, 0.1) is 0 Å². The van der Waals surface area contributed by atoms with E-state index in [4.69, 9.17) is 0 Å². The predicted molar refractivity (Wildman–Crippen MR) is 92.5 cm³/mol. The first-order chi connectivity index (χ1) is 11.1. The molecule has 0 saturated heterocycles. The van der Waals surface area contributed by atoms with Gasteiger partial charge in [0.05, 0.1) is 0 Å². The second kappa shape index (κ2) is 8.73. The minimum Gasteiger partial charge on any atom is -0.373 e. The number of hydrogen-bond donors (Lipinski definition) is 2. The van der Waals surface area contributed by atoms with Crippen molar-refractivity contribution >= 4 is 17.5 Å². The fourth-order valence-electron chi connectivity index (χ4n) is 2.27. The first kappa shape index (κ1) is 16.7. The summed E-state index contributed by atoms with van der Waals surface area (Å²) >= 11 is 0. The average molecular weight is 313 g/mol. The van der Waals surface area contributed by atoms with Gasteiger partial charge in [0, 0.05) is 50.7 Å². The van der Waals surface area contributed by atoms with Crippen LogP contribution in [0.5, 0.6) is 0 Å². The number of likely N-dealkylation sites (N-methyl/N-ethyl adjacent to an activating group) is 1. The molecular weight excluding hydrogens is 290 g/mol. The zero-order valence-corrected chi connectivity index (χ0v) is 13.6. The van der Waals surface area contributed by atoms with Crippen molar-refractivity contribution in [2.75, 3.05) is 30.4 Å². The fourth-order valence-corrected chi connectivity index (χ4v) is 2.27. The lowest BCUT2D eigenvalue weighted by Crippen LogP contribution is -2.41. The van der Waals surface area contributed by atoms with E-state index < -0.39 is 0 Å². The standard InChI is InChI=1S/C17H23N5O/c1-14(13-22(2)15-7-4-3-5-8-15)21-16(23)9-12-20-17-18-10-6-11-19-17/h3-8,10-11,14H,9,12-13H2,1-2H3,(H,21,23)(H,18,19,20). The van der Waals surface area contributed by atoms with Gasteiger partial charge in [0.2, 0.25) is 11.9 Å². The van der Waals surface area contributed by atoms with Gasteiger partial charge in [0.1, 0.15) is 0 Å². The summed E-state index contributed by atoms with van der Waals surface area (Å²) in [6.07, 6.45) is 3.71. The van der Waals surface area contributed by atoms with E-state index in [1.807, 2.05) is 32.2 Å². The summed E-state index contributed by atoms with van der Waals surface area (Å²) < 4.78 is 0. The molecule has 0 fully saturated rings. The van der Waals surface area contributed by atoms with E-state index in [9.17, 15) is 4.79 Å². The first-order valence-electron chi connectivity index (χ1n) is 7.71. The monoisotopic (exact) mass is 313 g/mol. The Morgan fingerprint density at radius 1 is 1.17 bits per heavy atom. The lowest BCUT2D eigenvalue weighted by atomic mass is 10.2. The minimum atomic E-state index is 0.0161. The Kier molecular flexibility index (Phi) is 6.35. The molecule has 0 spiro atoms.